The first-order valence-electron chi connectivity index (χ1n) is 11.8. The Morgan fingerprint density at radius 3 is 2.00 bits per heavy atom. The molecule has 0 saturated heterocycles. The van der Waals surface area contributed by atoms with Crippen molar-refractivity contribution in [3.8, 4) is 5.75 Å². The highest BCUT2D eigenvalue weighted by atomic mass is 35.5. The van der Waals surface area contributed by atoms with Gasteiger partial charge in [0.1, 0.15) is 0 Å². The molecule has 3 aliphatic rings. The van der Waals surface area contributed by atoms with Gasteiger partial charge >= 0.3 is 0 Å². The predicted octanol–water partition coefficient (Wildman–Crippen LogP) is 8.30. The fourth-order valence-corrected chi connectivity index (χ4v) is 6.59. The van der Waals surface area contributed by atoms with Gasteiger partial charge in [0, 0.05) is 0 Å². The molecule has 160 valence electrons. The molecule has 29 heavy (non-hydrogen) atoms. The highest BCUT2D eigenvalue weighted by Crippen LogP contribution is 2.46. The van der Waals surface area contributed by atoms with E-state index >= 15 is 0 Å². The minimum Gasteiger partial charge on any atom is -0.494 e. The third-order valence-corrected chi connectivity index (χ3v) is 8.64. The summed E-state index contributed by atoms with van der Waals surface area (Å²) in [5, 5.41) is 0.205. The Bertz CT molecular complexity index is 726. The molecule has 1 nitrogen and oxygen atoms in total. The Balaban J connectivity index is 1.32. The van der Waals surface area contributed by atoms with Gasteiger partial charge in [-0.25, -0.2) is 4.39 Å². The van der Waals surface area contributed by atoms with Gasteiger partial charge in [0.15, 0.2) is 11.6 Å². The van der Waals surface area contributed by atoms with Crippen LogP contribution in [0.5, 0.6) is 5.75 Å². The van der Waals surface area contributed by atoms with Gasteiger partial charge in [-0.15, -0.1) is 0 Å². The largest absolute Gasteiger partial charge is 0.494 e. The van der Waals surface area contributed by atoms with Crippen molar-refractivity contribution in [3.05, 3.63) is 34.6 Å². The number of halogens is 2. The van der Waals surface area contributed by atoms with Crippen LogP contribution in [0.4, 0.5) is 4.39 Å². The van der Waals surface area contributed by atoms with E-state index in [1.165, 1.54) is 70.5 Å². The summed E-state index contributed by atoms with van der Waals surface area (Å²) < 4.78 is 19.4. The van der Waals surface area contributed by atoms with Crippen LogP contribution in [0.2, 0.25) is 5.02 Å². The fourth-order valence-electron chi connectivity index (χ4n) is 6.31. The molecule has 3 heteroatoms. The zero-order valence-corrected chi connectivity index (χ0v) is 18.8. The molecule has 0 amide bonds. The molecule has 0 N–H and O–H groups in total. The van der Waals surface area contributed by atoms with Crippen molar-refractivity contribution in [1.29, 1.82) is 0 Å². The summed E-state index contributed by atoms with van der Waals surface area (Å²) in [6, 6.07) is 3.60. The van der Waals surface area contributed by atoms with Crippen LogP contribution in [0.25, 0.3) is 5.57 Å². The van der Waals surface area contributed by atoms with Crippen LogP contribution in [0.15, 0.2) is 18.2 Å². The van der Waals surface area contributed by atoms with Crippen LogP contribution in [0.1, 0.15) is 83.1 Å². The molecule has 0 aromatic heterocycles. The topological polar surface area (TPSA) is 9.23 Å². The predicted molar refractivity (Wildman–Crippen MR) is 120 cm³/mol. The fraction of sp³-hybridized carbons (Fsp3) is 0.692. The Hall–Kier alpha value is -1.02. The molecule has 0 bridgehead atoms. The van der Waals surface area contributed by atoms with Crippen LogP contribution in [0, 0.1) is 35.4 Å². The van der Waals surface area contributed by atoms with Gasteiger partial charge in [-0.1, -0.05) is 37.4 Å². The lowest BCUT2D eigenvalue weighted by Gasteiger charge is -2.40. The number of ether oxygens (including phenoxy) is 1. The Labute approximate surface area is 181 Å². The number of rotatable bonds is 4. The molecule has 1 aromatic rings. The van der Waals surface area contributed by atoms with Crippen molar-refractivity contribution in [3.63, 3.8) is 0 Å². The smallest absolute Gasteiger partial charge is 0.184 e. The minimum absolute atomic E-state index is 0.205. The molecule has 1 atom stereocenters. The number of methoxy groups -OCH3 is 1. The molecule has 2 fully saturated rings. The molecule has 0 heterocycles. The Morgan fingerprint density at radius 1 is 0.862 bits per heavy atom. The van der Waals surface area contributed by atoms with E-state index in [4.69, 9.17) is 16.3 Å². The lowest BCUT2D eigenvalue weighted by atomic mass is 9.66. The van der Waals surface area contributed by atoms with E-state index in [-0.39, 0.29) is 10.8 Å². The Kier molecular flexibility index (Phi) is 6.89. The number of hydrogen-bond donors (Lipinski definition) is 0. The number of allylic oxidation sites excluding steroid dienone is 2. The van der Waals surface area contributed by atoms with Crippen molar-refractivity contribution in [2.75, 3.05) is 7.11 Å². The Morgan fingerprint density at radius 2 is 1.45 bits per heavy atom. The second-order valence-electron chi connectivity index (χ2n) is 9.90. The van der Waals surface area contributed by atoms with E-state index in [9.17, 15) is 4.39 Å². The summed E-state index contributed by atoms with van der Waals surface area (Å²) in [4.78, 5) is 0. The zero-order chi connectivity index (χ0) is 20.4. The molecule has 2 saturated carbocycles. The third kappa shape index (κ3) is 4.68. The van der Waals surface area contributed by atoms with Crippen molar-refractivity contribution in [2.45, 2.75) is 77.6 Å². The normalized spacial score (nSPS) is 33.2. The van der Waals surface area contributed by atoms with Gasteiger partial charge in [-0.2, -0.15) is 0 Å². The van der Waals surface area contributed by atoms with E-state index in [0.717, 1.165) is 48.0 Å². The molecule has 0 aliphatic heterocycles. The lowest BCUT2D eigenvalue weighted by molar-refractivity contribution is 0.125. The second kappa shape index (κ2) is 9.41. The SMILES string of the molecule is COc1ccc(C2=CCC(C3CCC(C4CCC(C)CC4)CC3)CC2)c(Cl)c1F. The van der Waals surface area contributed by atoms with Crippen molar-refractivity contribution < 1.29 is 9.13 Å². The molecule has 0 spiro atoms. The van der Waals surface area contributed by atoms with E-state index < -0.39 is 5.82 Å². The third-order valence-electron chi connectivity index (χ3n) is 8.27. The standard InChI is InChI=1S/C26H36ClFO/c1-17-3-5-18(6-4-17)19-7-9-20(10-8-19)21-11-13-22(14-12-21)23-15-16-24(29-2)26(28)25(23)27/h13,15-21H,3-12,14H2,1-2H3. The zero-order valence-electron chi connectivity index (χ0n) is 18.1. The van der Waals surface area contributed by atoms with E-state index in [2.05, 4.69) is 13.0 Å². The molecular weight excluding hydrogens is 383 g/mol. The maximum absolute atomic E-state index is 14.3. The van der Waals surface area contributed by atoms with Gasteiger partial charge in [0.2, 0.25) is 0 Å². The average Bonchev–Trinajstić information content (AvgIpc) is 2.76. The van der Waals surface area contributed by atoms with Crippen molar-refractivity contribution >= 4 is 17.2 Å². The summed E-state index contributed by atoms with van der Waals surface area (Å²) >= 11 is 6.30. The van der Waals surface area contributed by atoms with E-state index in [0.29, 0.717) is 0 Å². The minimum atomic E-state index is -0.440. The first kappa shape index (κ1) is 21.2. The summed E-state index contributed by atoms with van der Waals surface area (Å²) in [5.41, 5.74) is 2.05. The second-order valence-corrected chi connectivity index (χ2v) is 10.3. The monoisotopic (exact) mass is 418 g/mol. The molecule has 0 radical (unpaired) electrons. The molecular formula is C26H36ClFO. The average molecular weight is 419 g/mol. The van der Waals surface area contributed by atoms with Crippen LogP contribution in [0.3, 0.4) is 0 Å². The first-order valence-corrected chi connectivity index (χ1v) is 12.2. The van der Waals surface area contributed by atoms with Crippen LogP contribution in [-0.2, 0) is 0 Å². The summed E-state index contributed by atoms with van der Waals surface area (Å²) in [5.74, 6) is 4.43. The summed E-state index contributed by atoms with van der Waals surface area (Å²) in [6.07, 6.45) is 17.3. The molecule has 1 aromatic carbocycles. The molecule has 3 aliphatic carbocycles. The van der Waals surface area contributed by atoms with Crippen molar-refractivity contribution in [2.24, 2.45) is 29.6 Å². The van der Waals surface area contributed by atoms with E-state index in [1.807, 2.05) is 6.07 Å². The summed E-state index contributed by atoms with van der Waals surface area (Å²) in [7, 11) is 1.47. The van der Waals surface area contributed by atoms with E-state index in [1.54, 1.807) is 6.07 Å². The van der Waals surface area contributed by atoms with Gasteiger partial charge < -0.3 is 4.74 Å². The first-order chi connectivity index (χ1) is 14.1. The van der Waals surface area contributed by atoms with Crippen molar-refractivity contribution in [1.82, 2.24) is 0 Å². The van der Waals surface area contributed by atoms with Crippen LogP contribution < -0.4 is 4.74 Å². The molecule has 4 rings (SSSR count). The number of hydrogen-bond acceptors (Lipinski definition) is 1. The number of benzene rings is 1. The van der Waals surface area contributed by atoms with Crippen LogP contribution >= 0.6 is 11.6 Å². The van der Waals surface area contributed by atoms with Gasteiger partial charge in [-0.05, 0) is 111 Å². The maximum atomic E-state index is 14.3. The van der Waals surface area contributed by atoms with Gasteiger partial charge in [0.25, 0.3) is 0 Å². The quantitative estimate of drug-likeness (QED) is 0.477. The lowest BCUT2D eigenvalue weighted by Crippen LogP contribution is -2.28. The maximum Gasteiger partial charge on any atom is 0.184 e. The highest BCUT2D eigenvalue weighted by Gasteiger charge is 2.33. The highest BCUT2D eigenvalue weighted by molar-refractivity contribution is 6.32. The van der Waals surface area contributed by atoms with Gasteiger partial charge in [0.05, 0.1) is 12.1 Å². The molecule has 1 unspecified atom stereocenters. The van der Waals surface area contributed by atoms with Gasteiger partial charge in [-0.3, -0.25) is 0 Å². The summed E-state index contributed by atoms with van der Waals surface area (Å²) in [6.45, 7) is 2.42. The van der Waals surface area contributed by atoms with Crippen LogP contribution in [-0.4, -0.2) is 7.11 Å².